The van der Waals surface area contributed by atoms with Crippen molar-refractivity contribution < 1.29 is 8.42 Å². The average Bonchev–Trinajstić information content (AvgIpc) is 2.61. The number of nitrogens with two attached hydrogens (primary N) is 1. The summed E-state index contributed by atoms with van der Waals surface area (Å²) < 4.78 is 23.9. The number of halogens is 1. The smallest absolute Gasteiger partial charge is 0.237 e. The maximum atomic E-state index is 11.1. The first-order valence-electron chi connectivity index (χ1n) is 4.18. The van der Waals surface area contributed by atoms with E-state index in [1.807, 2.05) is 0 Å². The predicted octanol–water partition coefficient (Wildman–Crippen LogP) is 0.677. The first-order valence-corrected chi connectivity index (χ1v) is 6.52. The van der Waals surface area contributed by atoms with Crippen molar-refractivity contribution in [3.05, 3.63) is 35.1 Å². The summed E-state index contributed by atoms with van der Waals surface area (Å²) in [5, 5.41) is 8.63. The predicted molar refractivity (Wildman–Crippen MR) is 60.4 cm³/mol. The van der Waals surface area contributed by atoms with Gasteiger partial charge in [0, 0.05) is 12.4 Å². The zero-order valence-electron chi connectivity index (χ0n) is 7.91. The molecule has 0 atom stereocenters. The average molecular weight is 303 g/mol. The second-order valence-electron chi connectivity index (χ2n) is 2.96. The fourth-order valence-corrected chi connectivity index (χ4v) is 2.61. The van der Waals surface area contributed by atoms with Gasteiger partial charge in [0.2, 0.25) is 5.03 Å². The first kappa shape index (κ1) is 11.2. The van der Waals surface area contributed by atoms with Gasteiger partial charge in [-0.25, -0.2) is 23.2 Å². The molecule has 0 amide bonds. The molecule has 0 bridgehead atoms. The van der Waals surface area contributed by atoms with Crippen molar-refractivity contribution in [1.29, 1.82) is 0 Å². The summed E-state index contributed by atoms with van der Waals surface area (Å²) in [6.45, 7) is 0. The van der Waals surface area contributed by atoms with Crippen LogP contribution in [-0.4, -0.2) is 23.2 Å². The van der Waals surface area contributed by atoms with Crippen LogP contribution in [0.15, 0.2) is 40.1 Å². The summed E-state index contributed by atoms with van der Waals surface area (Å²) >= 11 is 3.08. The number of hydrogen-bond donors (Lipinski definition) is 1. The lowest BCUT2D eigenvalue weighted by Gasteiger charge is -1.97. The molecular formula is C8H7BrN4O2S. The summed E-state index contributed by atoms with van der Waals surface area (Å²) in [6, 6.07) is 5.23. The lowest BCUT2D eigenvalue weighted by molar-refractivity contribution is 0.591. The van der Waals surface area contributed by atoms with Crippen LogP contribution < -0.4 is 5.14 Å². The van der Waals surface area contributed by atoms with Crippen LogP contribution in [0, 0.1) is 0 Å². The van der Waals surface area contributed by atoms with Crippen LogP contribution in [0.2, 0.25) is 0 Å². The minimum atomic E-state index is -3.83. The Morgan fingerprint density at radius 3 is 2.62 bits per heavy atom. The highest BCUT2D eigenvalue weighted by molar-refractivity contribution is 9.10. The molecular weight excluding hydrogens is 296 g/mol. The topological polar surface area (TPSA) is 90.9 Å². The number of hydrogen-bond acceptors (Lipinski definition) is 4. The van der Waals surface area contributed by atoms with E-state index in [0.717, 1.165) is 0 Å². The van der Waals surface area contributed by atoms with E-state index in [0.29, 0.717) is 10.3 Å². The van der Waals surface area contributed by atoms with Crippen molar-refractivity contribution in [3.8, 4) is 5.82 Å². The highest BCUT2D eigenvalue weighted by atomic mass is 79.9. The van der Waals surface area contributed by atoms with Gasteiger partial charge in [0.1, 0.15) is 0 Å². The van der Waals surface area contributed by atoms with Crippen LogP contribution in [-0.2, 0) is 10.0 Å². The Morgan fingerprint density at radius 1 is 1.38 bits per heavy atom. The van der Waals surface area contributed by atoms with Crippen LogP contribution >= 0.6 is 15.9 Å². The van der Waals surface area contributed by atoms with Gasteiger partial charge in [-0.2, -0.15) is 5.10 Å². The van der Waals surface area contributed by atoms with Gasteiger partial charge in [0.05, 0.1) is 4.47 Å². The summed E-state index contributed by atoms with van der Waals surface area (Å²) in [5.41, 5.74) is 0. The molecule has 0 aliphatic rings. The van der Waals surface area contributed by atoms with Crippen molar-refractivity contribution in [2.75, 3.05) is 0 Å². The normalized spacial score (nSPS) is 11.6. The van der Waals surface area contributed by atoms with Crippen LogP contribution in [0.25, 0.3) is 5.82 Å². The van der Waals surface area contributed by atoms with Gasteiger partial charge in [-0.15, -0.1) is 0 Å². The number of sulfonamides is 1. The van der Waals surface area contributed by atoms with E-state index >= 15 is 0 Å². The lowest BCUT2D eigenvalue weighted by Crippen LogP contribution is -2.14. The Kier molecular flexibility index (Phi) is 2.78. The van der Waals surface area contributed by atoms with Gasteiger partial charge in [0.15, 0.2) is 5.82 Å². The second-order valence-corrected chi connectivity index (χ2v) is 5.29. The van der Waals surface area contributed by atoms with E-state index in [4.69, 9.17) is 5.14 Å². The summed E-state index contributed by atoms with van der Waals surface area (Å²) in [7, 11) is -3.83. The molecule has 0 spiro atoms. The van der Waals surface area contributed by atoms with Gasteiger partial charge in [0.25, 0.3) is 10.0 Å². The number of primary sulfonamides is 1. The largest absolute Gasteiger partial charge is 0.258 e. The summed E-state index contributed by atoms with van der Waals surface area (Å²) in [5.74, 6) is 0.512. The molecule has 0 aliphatic heterocycles. The Labute approximate surface area is 100 Å². The van der Waals surface area contributed by atoms with E-state index in [1.54, 1.807) is 24.4 Å². The van der Waals surface area contributed by atoms with Crippen LogP contribution in [0.3, 0.4) is 0 Å². The zero-order chi connectivity index (χ0) is 11.8. The molecule has 0 aromatic carbocycles. The van der Waals surface area contributed by atoms with Crippen LogP contribution in [0.1, 0.15) is 0 Å². The van der Waals surface area contributed by atoms with Crippen molar-refractivity contribution in [1.82, 2.24) is 14.8 Å². The zero-order valence-corrected chi connectivity index (χ0v) is 10.3. The molecule has 16 heavy (non-hydrogen) atoms. The van der Waals surface area contributed by atoms with E-state index in [-0.39, 0.29) is 5.03 Å². The van der Waals surface area contributed by atoms with Crippen molar-refractivity contribution >= 4 is 26.0 Å². The highest BCUT2D eigenvalue weighted by Crippen LogP contribution is 2.20. The van der Waals surface area contributed by atoms with Crippen LogP contribution in [0.5, 0.6) is 0 Å². The third kappa shape index (κ3) is 2.13. The molecule has 6 nitrogen and oxygen atoms in total. The monoisotopic (exact) mass is 302 g/mol. The minimum absolute atomic E-state index is 0.210. The summed E-state index contributed by atoms with van der Waals surface area (Å²) in [6.07, 6.45) is 3.07. The molecule has 0 aliphatic carbocycles. The van der Waals surface area contributed by atoms with Gasteiger partial charge in [-0.05, 0) is 28.1 Å². The minimum Gasteiger partial charge on any atom is -0.237 e. The number of nitrogens with zero attached hydrogens (tertiary/aromatic N) is 3. The van der Waals surface area contributed by atoms with Crippen molar-refractivity contribution in [2.45, 2.75) is 5.03 Å². The molecule has 0 saturated carbocycles. The number of pyridine rings is 1. The molecule has 0 saturated heterocycles. The van der Waals surface area contributed by atoms with E-state index in [2.05, 4.69) is 26.0 Å². The molecule has 2 aromatic heterocycles. The Morgan fingerprint density at radius 2 is 2.12 bits per heavy atom. The molecule has 2 N–H and O–H groups in total. The van der Waals surface area contributed by atoms with Gasteiger partial charge in [-0.1, -0.05) is 6.07 Å². The molecule has 84 valence electrons. The van der Waals surface area contributed by atoms with E-state index in [1.165, 1.54) is 10.9 Å². The van der Waals surface area contributed by atoms with Crippen molar-refractivity contribution in [3.63, 3.8) is 0 Å². The Balaban J connectivity index is 2.55. The quantitative estimate of drug-likeness (QED) is 0.883. The molecule has 2 rings (SSSR count). The van der Waals surface area contributed by atoms with Gasteiger partial charge < -0.3 is 0 Å². The maximum Gasteiger partial charge on any atom is 0.258 e. The molecule has 2 aromatic rings. The molecule has 0 unspecified atom stereocenters. The van der Waals surface area contributed by atoms with Gasteiger partial charge in [-0.3, -0.25) is 0 Å². The maximum absolute atomic E-state index is 11.1. The molecule has 8 heteroatoms. The second kappa shape index (κ2) is 3.96. The third-order valence-corrected chi connectivity index (χ3v) is 3.48. The van der Waals surface area contributed by atoms with E-state index in [9.17, 15) is 8.42 Å². The van der Waals surface area contributed by atoms with Gasteiger partial charge >= 0.3 is 0 Å². The van der Waals surface area contributed by atoms with Crippen LogP contribution in [0.4, 0.5) is 0 Å². The Bertz CT molecular complexity index is 608. The third-order valence-electron chi connectivity index (χ3n) is 1.79. The fraction of sp³-hybridized carbons (Fsp3) is 0. The first-order chi connectivity index (χ1) is 7.48. The fourth-order valence-electron chi connectivity index (χ4n) is 1.14. The van der Waals surface area contributed by atoms with Crippen molar-refractivity contribution in [2.24, 2.45) is 5.14 Å². The number of aromatic nitrogens is 3. The molecule has 0 radical (unpaired) electrons. The standard InChI is InChI=1S/C8H7BrN4O2S/c9-6-5-13(7-3-1-2-4-11-7)12-8(6)16(10,14)15/h1-5H,(H2,10,14,15). The molecule has 0 fully saturated rings. The SMILES string of the molecule is NS(=O)(=O)c1nn(-c2ccccn2)cc1Br. The Hall–Kier alpha value is -1.25. The van der Waals surface area contributed by atoms with E-state index < -0.39 is 10.0 Å². The molecule has 2 heterocycles. The summed E-state index contributed by atoms with van der Waals surface area (Å²) in [4.78, 5) is 4.03. The lowest BCUT2D eigenvalue weighted by atomic mass is 10.5. The highest BCUT2D eigenvalue weighted by Gasteiger charge is 2.18. The number of rotatable bonds is 2.